The van der Waals surface area contributed by atoms with Crippen molar-refractivity contribution >= 4 is 17.8 Å². The van der Waals surface area contributed by atoms with Crippen LogP contribution in [0.1, 0.15) is 11.4 Å². The summed E-state index contributed by atoms with van der Waals surface area (Å²) in [6.45, 7) is 0. The molecule has 0 fully saturated rings. The number of phenolic OH excluding ortho intramolecular Hbond substituents is 1. The molecule has 8 nitrogen and oxygen atoms in total. The maximum Gasteiger partial charge on any atom is 0.395 e. The summed E-state index contributed by atoms with van der Waals surface area (Å²) < 4.78 is 0. The van der Waals surface area contributed by atoms with Gasteiger partial charge in [0.05, 0.1) is 4.92 Å². The van der Waals surface area contributed by atoms with Gasteiger partial charge in [0.15, 0.2) is 0 Å². The Labute approximate surface area is 111 Å². The monoisotopic (exact) mass is 275 g/mol. The molecule has 0 saturated carbocycles. The van der Waals surface area contributed by atoms with E-state index in [-0.39, 0.29) is 11.6 Å². The molecular formula is C12H9N3O5. The number of aromatic nitrogens is 2. The number of para-hydroxylation sites is 1. The molecule has 3 N–H and O–H groups in total. The molecular weight excluding hydrogens is 266 g/mol. The van der Waals surface area contributed by atoms with Crippen LogP contribution in [-0.4, -0.2) is 25.1 Å². The van der Waals surface area contributed by atoms with Gasteiger partial charge in [0.25, 0.3) is 5.88 Å². The number of hydrogen-bond donors (Lipinski definition) is 3. The summed E-state index contributed by atoms with van der Waals surface area (Å²) in [5.74, 6) is -1.01. The summed E-state index contributed by atoms with van der Waals surface area (Å²) in [6, 6.07) is 6.44. The lowest BCUT2D eigenvalue weighted by atomic mass is 10.2. The lowest BCUT2D eigenvalue weighted by Gasteiger charge is -1.98. The molecule has 0 spiro atoms. The van der Waals surface area contributed by atoms with E-state index < -0.39 is 22.0 Å². The van der Waals surface area contributed by atoms with Gasteiger partial charge in [-0.05, 0) is 18.2 Å². The van der Waals surface area contributed by atoms with Crippen LogP contribution in [0.2, 0.25) is 0 Å². The van der Waals surface area contributed by atoms with E-state index in [1.54, 1.807) is 18.2 Å². The maximum absolute atomic E-state index is 11.4. The van der Waals surface area contributed by atoms with Crippen molar-refractivity contribution in [1.29, 1.82) is 0 Å². The number of benzene rings is 1. The number of nitro groups is 1. The summed E-state index contributed by atoms with van der Waals surface area (Å²) in [7, 11) is 0. The van der Waals surface area contributed by atoms with E-state index in [9.17, 15) is 25.1 Å². The zero-order chi connectivity index (χ0) is 14.7. The van der Waals surface area contributed by atoms with Crippen molar-refractivity contribution in [3.63, 3.8) is 0 Å². The molecule has 0 amide bonds. The molecule has 0 aliphatic carbocycles. The highest BCUT2D eigenvalue weighted by molar-refractivity contribution is 5.70. The van der Waals surface area contributed by atoms with Crippen LogP contribution in [0.4, 0.5) is 5.69 Å². The molecule has 1 aromatic carbocycles. The Morgan fingerprint density at radius 3 is 2.55 bits per heavy atom. The topological polar surface area (TPSA) is 129 Å². The van der Waals surface area contributed by atoms with Gasteiger partial charge in [-0.2, -0.15) is 4.98 Å². The number of aromatic amines is 1. The minimum atomic E-state index is -1.06. The van der Waals surface area contributed by atoms with Crippen molar-refractivity contribution in [2.45, 2.75) is 0 Å². The van der Waals surface area contributed by atoms with E-state index in [4.69, 9.17) is 0 Å². The first-order valence-electron chi connectivity index (χ1n) is 5.43. The van der Waals surface area contributed by atoms with Crippen molar-refractivity contribution in [3.8, 4) is 11.6 Å². The molecule has 20 heavy (non-hydrogen) atoms. The van der Waals surface area contributed by atoms with Gasteiger partial charge in [0.1, 0.15) is 11.6 Å². The van der Waals surface area contributed by atoms with Gasteiger partial charge < -0.3 is 15.2 Å². The highest BCUT2D eigenvalue weighted by Crippen LogP contribution is 2.20. The number of H-pyrrole nitrogens is 1. The molecule has 0 bridgehead atoms. The molecule has 0 saturated heterocycles. The van der Waals surface area contributed by atoms with Gasteiger partial charge in [-0.1, -0.05) is 18.2 Å². The third kappa shape index (κ3) is 2.64. The van der Waals surface area contributed by atoms with Crippen LogP contribution < -0.4 is 5.56 Å². The fraction of sp³-hybridized carbons (Fsp3) is 0. The first-order chi connectivity index (χ1) is 9.49. The molecule has 8 heteroatoms. The molecule has 102 valence electrons. The van der Waals surface area contributed by atoms with Crippen molar-refractivity contribution in [2.24, 2.45) is 0 Å². The quantitative estimate of drug-likeness (QED) is 0.571. The van der Waals surface area contributed by atoms with Crippen LogP contribution >= 0.6 is 0 Å². The predicted molar refractivity (Wildman–Crippen MR) is 70.2 cm³/mol. The molecule has 0 unspecified atom stereocenters. The van der Waals surface area contributed by atoms with Gasteiger partial charge in [0, 0.05) is 5.56 Å². The molecule has 0 radical (unpaired) electrons. The Morgan fingerprint density at radius 1 is 1.25 bits per heavy atom. The van der Waals surface area contributed by atoms with Gasteiger partial charge in [-0.3, -0.25) is 14.9 Å². The Hall–Kier alpha value is -3.16. The van der Waals surface area contributed by atoms with Gasteiger partial charge in [-0.25, -0.2) is 0 Å². The van der Waals surface area contributed by atoms with Crippen molar-refractivity contribution in [2.75, 3.05) is 0 Å². The Kier molecular flexibility index (Phi) is 3.47. The molecule has 1 aromatic heterocycles. The second-order valence-corrected chi connectivity index (χ2v) is 3.77. The van der Waals surface area contributed by atoms with E-state index in [1.165, 1.54) is 18.2 Å². The standard InChI is InChI=1S/C12H9N3O5/c16-8-4-2-1-3-7(8)5-6-9-13-11(17)10(15(19)20)12(18)14-9/h1-6,16H,(H2,13,14,17,18). The highest BCUT2D eigenvalue weighted by Gasteiger charge is 2.21. The minimum Gasteiger partial charge on any atom is -0.507 e. The van der Waals surface area contributed by atoms with Crippen molar-refractivity contribution < 1.29 is 15.1 Å². The summed E-state index contributed by atoms with van der Waals surface area (Å²) in [5, 5.41) is 29.4. The van der Waals surface area contributed by atoms with E-state index in [1.807, 2.05) is 0 Å². The van der Waals surface area contributed by atoms with Gasteiger partial charge in [-0.15, -0.1) is 0 Å². The van der Waals surface area contributed by atoms with Crippen molar-refractivity contribution in [1.82, 2.24) is 9.97 Å². The predicted octanol–water partition coefficient (Wildman–Crippen LogP) is 1.26. The van der Waals surface area contributed by atoms with E-state index in [2.05, 4.69) is 9.97 Å². The summed E-state index contributed by atoms with van der Waals surface area (Å²) in [4.78, 5) is 26.5. The zero-order valence-electron chi connectivity index (χ0n) is 9.98. The highest BCUT2D eigenvalue weighted by atomic mass is 16.6. The summed E-state index contributed by atoms with van der Waals surface area (Å²) in [6.07, 6.45) is 2.75. The third-order valence-electron chi connectivity index (χ3n) is 2.43. The second kappa shape index (κ2) is 5.22. The van der Waals surface area contributed by atoms with Gasteiger partial charge >= 0.3 is 11.2 Å². The molecule has 0 aliphatic rings. The van der Waals surface area contributed by atoms with Crippen LogP contribution in [0.15, 0.2) is 29.1 Å². The molecule has 0 aliphatic heterocycles. The fourth-order valence-electron chi connectivity index (χ4n) is 1.51. The van der Waals surface area contributed by atoms with E-state index >= 15 is 0 Å². The smallest absolute Gasteiger partial charge is 0.395 e. The average molecular weight is 275 g/mol. The van der Waals surface area contributed by atoms with Gasteiger partial charge in [0.2, 0.25) is 0 Å². The third-order valence-corrected chi connectivity index (χ3v) is 2.43. The average Bonchev–Trinajstić information content (AvgIpc) is 2.36. The maximum atomic E-state index is 11.4. The molecule has 1 heterocycles. The number of rotatable bonds is 3. The number of phenols is 1. The van der Waals surface area contributed by atoms with E-state index in [0.717, 1.165) is 0 Å². The van der Waals surface area contributed by atoms with E-state index in [0.29, 0.717) is 5.56 Å². The molecule has 0 atom stereocenters. The van der Waals surface area contributed by atoms with Crippen LogP contribution in [0.25, 0.3) is 12.2 Å². The number of nitrogens with zero attached hydrogens (tertiary/aromatic N) is 2. The lowest BCUT2D eigenvalue weighted by molar-refractivity contribution is -0.387. The minimum absolute atomic E-state index is 0.0252. The summed E-state index contributed by atoms with van der Waals surface area (Å²) in [5.41, 5.74) is -1.60. The largest absolute Gasteiger partial charge is 0.507 e. The Balaban J connectivity index is 2.39. The van der Waals surface area contributed by atoms with Crippen LogP contribution in [0, 0.1) is 10.1 Å². The van der Waals surface area contributed by atoms with Crippen LogP contribution in [0.3, 0.4) is 0 Å². The summed E-state index contributed by atoms with van der Waals surface area (Å²) >= 11 is 0. The molecule has 2 rings (SSSR count). The Morgan fingerprint density at radius 2 is 1.95 bits per heavy atom. The van der Waals surface area contributed by atoms with Crippen LogP contribution in [-0.2, 0) is 0 Å². The molecule has 2 aromatic rings. The number of hydrogen-bond acceptors (Lipinski definition) is 6. The SMILES string of the molecule is O=c1[nH]c(C=Cc2ccccc2O)nc(O)c1[N+](=O)[O-]. The van der Waals surface area contributed by atoms with Crippen molar-refractivity contribution in [3.05, 3.63) is 56.1 Å². The second-order valence-electron chi connectivity index (χ2n) is 3.77. The lowest BCUT2D eigenvalue weighted by Crippen LogP contribution is -2.14. The normalized spacial score (nSPS) is 10.8. The first kappa shape index (κ1) is 13.3. The number of aromatic hydroxyl groups is 2. The number of nitrogens with one attached hydrogen (secondary N) is 1. The van der Waals surface area contributed by atoms with Crippen LogP contribution in [0.5, 0.6) is 11.6 Å². The Bertz CT molecular complexity index is 751. The first-order valence-corrected chi connectivity index (χ1v) is 5.43. The fourth-order valence-corrected chi connectivity index (χ4v) is 1.51. The zero-order valence-corrected chi connectivity index (χ0v) is 9.98.